The van der Waals surface area contributed by atoms with Gasteiger partial charge >= 0.3 is 0 Å². The summed E-state index contributed by atoms with van der Waals surface area (Å²) in [6, 6.07) is 6.07. The Labute approximate surface area is 139 Å². The minimum Gasteiger partial charge on any atom is -0.328 e. The quantitative estimate of drug-likeness (QED) is 0.843. The van der Waals surface area contributed by atoms with E-state index < -0.39 is 0 Å². The lowest BCUT2D eigenvalue weighted by Crippen LogP contribution is -2.19. The maximum atomic E-state index is 11.7. The number of aryl methyl sites for hydroxylation is 1. The number of hydrogen-bond acceptors (Lipinski definition) is 4. The van der Waals surface area contributed by atoms with Crippen LogP contribution in [0.2, 0.25) is 5.02 Å². The first-order chi connectivity index (χ1) is 10.4. The highest BCUT2D eigenvalue weighted by Crippen LogP contribution is 2.24. The van der Waals surface area contributed by atoms with Gasteiger partial charge in [-0.05, 0) is 37.5 Å². The second-order valence-electron chi connectivity index (χ2n) is 5.46. The van der Waals surface area contributed by atoms with Gasteiger partial charge in [0.15, 0.2) is 5.13 Å². The van der Waals surface area contributed by atoms with Crippen molar-refractivity contribution in [3.63, 3.8) is 0 Å². The predicted octanol–water partition coefficient (Wildman–Crippen LogP) is 3.76. The zero-order valence-corrected chi connectivity index (χ0v) is 14.3. The molecule has 1 heterocycles. The largest absolute Gasteiger partial charge is 0.328 e. The van der Waals surface area contributed by atoms with Gasteiger partial charge in [0.05, 0.1) is 0 Å². The summed E-state index contributed by atoms with van der Waals surface area (Å²) >= 11 is 7.62. The lowest BCUT2D eigenvalue weighted by molar-refractivity contribution is -0.116. The fourth-order valence-electron chi connectivity index (χ4n) is 1.94. The van der Waals surface area contributed by atoms with Crippen molar-refractivity contribution < 1.29 is 4.79 Å². The Hall–Kier alpha value is -1.43. The van der Waals surface area contributed by atoms with Gasteiger partial charge in [0.2, 0.25) is 5.91 Å². The maximum Gasteiger partial charge on any atom is 0.226 e. The molecule has 0 spiro atoms. The predicted molar refractivity (Wildman–Crippen MR) is 92.6 cm³/mol. The van der Waals surface area contributed by atoms with Crippen LogP contribution in [0.1, 0.15) is 35.8 Å². The molecule has 0 saturated carbocycles. The Bertz CT molecular complexity index is 655. The second-order valence-corrected chi connectivity index (χ2v) is 6.98. The zero-order chi connectivity index (χ0) is 16.1. The molecule has 22 heavy (non-hydrogen) atoms. The number of hydrogen-bond donors (Lipinski definition) is 2. The van der Waals surface area contributed by atoms with Gasteiger partial charge in [-0.1, -0.05) is 23.7 Å². The zero-order valence-electron chi connectivity index (χ0n) is 12.7. The van der Waals surface area contributed by atoms with E-state index in [1.807, 2.05) is 26.0 Å². The number of nitrogens with zero attached hydrogens (tertiary/aromatic N) is 1. The summed E-state index contributed by atoms with van der Waals surface area (Å²) in [5, 5.41) is 4.21. The van der Waals surface area contributed by atoms with Crippen molar-refractivity contribution >= 4 is 34.0 Å². The van der Waals surface area contributed by atoms with Crippen LogP contribution in [0.25, 0.3) is 0 Å². The van der Waals surface area contributed by atoms with E-state index in [1.54, 1.807) is 6.20 Å². The van der Waals surface area contributed by atoms with Crippen LogP contribution in [0.5, 0.6) is 0 Å². The van der Waals surface area contributed by atoms with Crippen molar-refractivity contribution in [2.24, 2.45) is 5.73 Å². The highest BCUT2D eigenvalue weighted by Gasteiger charge is 2.08. The van der Waals surface area contributed by atoms with Crippen LogP contribution in [0, 0.1) is 6.92 Å². The number of nitrogens with one attached hydrogen (secondary N) is 1. The van der Waals surface area contributed by atoms with E-state index in [0.29, 0.717) is 18.0 Å². The third kappa shape index (κ3) is 5.09. The van der Waals surface area contributed by atoms with Crippen molar-refractivity contribution in [3.8, 4) is 0 Å². The molecule has 118 valence electrons. The van der Waals surface area contributed by atoms with E-state index in [4.69, 9.17) is 17.3 Å². The number of thiazole rings is 1. The molecule has 6 heteroatoms. The number of benzene rings is 1. The number of carbonyl (C=O) groups excluding carboxylic acids is 1. The molecule has 0 saturated heterocycles. The molecule has 0 radical (unpaired) electrons. The molecule has 0 aliphatic heterocycles. The average Bonchev–Trinajstić information content (AvgIpc) is 2.88. The standard InChI is InChI=1S/C16H20ClN3OS/c1-10-3-5-12(8-14(10)17)7-13-9-19-16(22-13)20-15(21)6-4-11(2)18/h3,5,8-9,11H,4,6-7,18H2,1-2H3,(H,19,20,21). The summed E-state index contributed by atoms with van der Waals surface area (Å²) in [7, 11) is 0. The minimum absolute atomic E-state index is 0.0314. The first kappa shape index (κ1) is 16.9. The van der Waals surface area contributed by atoms with E-state index in [2.05, 4.69) is 16.4 Å². The number of nitrogens with two attached hydrogens (primary N) is 1. The topological polar surface area (TPSA) is 68.0 Å². The first-order valence-corrected chi connectivity index (χ1v) is 8.38. The molecule has 1 unspecified atom stereocenters. The summed E-state index contributed by atoms with van der Waals surface area (Å²) in [6.07, 6.45) is 3.64. The molecule has 0 fully saturated rings. The summed E-state index contributed by atoms with van der Waals surface area (Å²) in [5.41, 5.74) is 7.84. The molecule has 4 nitrogen and oxygen atoms in total. The van der Waals surface area contributed by atoms with Gasteiger partial charge in [0.25, 0.3) is 0 Å². The Kier molecular flexibility index (Phi) is 5.94. The van der Waals surface area contributed by atoms with Crippen LogP contribution in [0.3, 0.4) is 0 Å². The van der Waals surface area contributed by atoms with Crippen LogP contribution in [-0.2, 0) is 11.2 Å². The maximum absolute atomic E-state index is 11.7. The van der Waals surface area contributed by atoms with Crippen molar-refractivity contribution in [2.75, 3.05) is 5.32 Å². The molecule has 2 aromatic rings. The van der Waals surface area contributed by atoms with Crippen LogP contribution in [0.15, 0.2) is 24.4 Å². The average molecular weight is 338 g/mol. The Morgan fingerprint density at radius 2 is 2.27 bits per heavy atom. The lowest BCUT2D eigenvalue weighted by atomic mass is 10.1. The monoisotopic (exact) mass is 337 g/mol. The smallest absolute Gasteiger partial charge is 0.226 e. The van der Waals surface area contributed by atoms with Gasteiger partial charge in [-0.15, -0.1) is 11.3 Å². The molecule has 0 bridgehead atoms. The SMILES string of the molecule is Cc1ccc(Cc2cnc(NC(=O)CCC(C)N)s2)cc1Cl. The summed E-state index contributed by atoms with van der Waals surface area (Å²) in [6.45, 7) is 3.87. The van der Waals surface area contributed by atoms with Crippen molar-refractivity contribution in [3.05, 3.63) is 45.4 Å². The van der Waals surface area contributed by atoms with E-state index >= 15 is 0 Å². The number of amides is 1. The van der Waals surface area contributed by atoms with Gasteiger partial charge in [-0.2, -0.15) is 0 Å². The fraction of sp³-hybridized carbons (Fsp3) is 0.375. The molecule has 1 aromatic carbocycles. The third-order valence-corrected chi connectivity index (χ3v) is 4.56. The van der Waals surface area contributed by atoms with Crippen molar-refractivity contribution in [1.29, 1.82) is 0 Å². The highest BCUT2D eigenvalue weighted by molar-refractivity contribution is 7.15. The van der Waals surface area contributed by atoms with E-state index in [-0.39, 0.29) is 11.9 Å². The van der Waals surface area contributed by atoms with Crippen LogP contribution < -0.4 is 11.1 Å². The minimum atomic E-state index is -0.0448. The number of aromatic nitrogens is 1. The highest BCUT2D eigenvalue weighted by atomic mass is 35.5. The molecule has 2 rings (SSSR count). The summed E-state index contributed by atoms with van der Waals surface area (Å²) in [4.78, 5) is 17.1. The number of anilines is 1. The lowest BCUT2D eigenvalue weighted by Gasteiger charge is -2.04. The molecule has 1 amide bonds. The molecule has 3 N–H and O–H groups in total. The van der Waals surface area contributed by atoms with Crippen LogP contribution in [-0.4, -0.2) is 16.9 Å². The van der Waals surface area contributed by atoms with Gasteiger partial charge in [-0.3, -0.25) is 4.79 Å². The Balaban J connectivity index is 1.93. The van der Waals surface area contributed by atoms with Crippen LogP contribution >= 0.6 is 22.9 Å². The Morgan fingerprint density at radius 1 is 1.50 bits per heavy atom. The van der Waals surface area contributed by atoms with Crippen molar-refractivity contribution in [2.45, 2.75) is 39.2 Å². The molecule has 0 aliphatic carbocycles. The number of carbonyl (C=O) groups is 1. The second kappa shape index (κ2) is 7.72. The Morgan fingerprint density at radius 3 is 2.95 bits per heavy atom. The fourth-order valence-corrected chi connectivity index (χ4v) is 3.00. The molecule has 1 aromatic heterocycles. The summed E-state index contributed by atoms with van der Waals surface area (Å²) < 4.78 is 0. The molecule has 0 aliphatic rings. The first-order valence-electron chi connectivity index (χ1n) is 7.19. The van der Waals surface area contributed by atoms with Gasteiger partial charge in [0.1, 0.15) is 0 Å². The van der Waals surface area contributed by atoms with Crippen molar-refractivity contribution in [1.82, 2.24) is 4.98 Å². The van der Waals surface area contributed by atoms with E-state index in [1.165, 1.54) is 11.3 Å². The normalized spacial score (nSPS) is 12.2. The molecular weight excluding hydrogens is 318 g/mol. The van der Waals surface area contributed by atoms with Gasteiger partial charge < -0.3 is 11.1 Å². The number of halogens is 1. The van der Waals surface area contributed by atoms with Gasteiger partial charge in [0, 0.05) is 35.0 Å². The van der Waals surface area contributed by atoms with E-state index in [9.17, 15) is 4.79 Å². The third-order valence-electron chi connectivity index (χ3n) is 3.24. The van der Waals surface area contributed by atoms with Crippen LogP contribution in [0.4, 0.5) is 5.13 Å². The van der Waals surface area contributed by atoms with Gasteiger partial charge in [-0.25, -0.2) is 4.98 Å². The molecule has 1 atom stereocenters. The van der Waals surface area contributed by atoms with E-state index in [0.717, 1.165) is 27.4 Å². The molecular formula is C16H20ClN3OS. The number of rotatable bonds is 6. The summed E-state index contributed by atoms with van der Waals surface area (Å²) in [5.74, 6) is -0.0448.